The van der Waals surface area contributed by atoms with Crippen molar-refractivity contribution in [1.29, 1.82) is 0 Å². The molecule has 1 aromatic heterocycles. The standard InChI is InChI=1S/C12H20N2O/c1-9(11-7-5-6-8-13-11)14-10(2)12(3,4)15/h5-10,14-15H,1-4H3. The van der Waals surface area contributed by atoms with Crippen LogP contribution in [-0.2, 0) is 0 Å². The Morgan fingerprint density at radius 1 is 1.33 bits per heavy atom. The van der Waals surface area contributed by atoms with Crippen molar-refractivity contribution in [2.45, 2.75) is 45.4 Å². The van der Waals surface area contributed by atoms with Crippen LogP contribution >= 0.6 is 0 Å². The first-order chi connectivity index (χ1) is 6.91. The zero-order valence-electron chi connectivity index (χ0n) is 9.86. The maximum atomic E-state index is 9.80. The van der Waals surface area contributed by atoms with E-state index in [1.165, 1.54) is 0 Å². The van der Waals surface area contributed by atoms with E-state index in [1.807, 2.05) is 32.0 Å². The molecule has 1 rings (SSSR count). The second-order valence-corrected chi connectivity index (χ2v) is 4.52. The quantitative estimate of drug-likeness (QED) is 0.794. The summed E-state index contributed by atoms with van der Waals surface area (Å²) < 4.78 is 0. The van der Waals surface area contributed by atoms with E-state index in [2.05, 4.69) is 10.3 Å². The third-order valence-corrected chi connectivity index (χ3v) is 2.69. The molecule has 0 saturated heterocycles. The zero-order chi connectivity index (χ0) is 11.5. The second-order valence-electron chi connectivity index (χ2n) is 4.52. The summed E-state index contributed by atoms with van der Waals surface area (Å²) in [4.78, 5) is 4.27. The predicted molar refractivity (Wildman–Crippen MR) is 61.5 cm³/mol. The molecule has 0 fully saturated rings. The number of hydrogen-bond acceptors (Lipinski definition) is 3. The molecule has 3 heteroatoms. The lowest BCUT2D eigenvalue weighted by Gasteiger charge is -2.29. The number of hydrogen-bond donors (Lipinski definition) is 2. The molecule has 0 radical (unpaired) electrons. The normalized spacial score (nSPS) is 16.1. The topological polar surface area (TPSA) is 45.1 Å². The summed E-state index contributed by atoms with van der Waals surface area (Å²) in [7, 11) is 0. The lowest BCUT2D eigenvalue weighted by atomic mass is 9.99. The lowest BCUT2D eigenvalue weighted by molar-refractivity contribution is 0.0403. The van der Waals surface area contributed by atoms with Gasteiger partial charge in [0.2, 0.25) is 0 Å². The van der Waals surface area contributed by atoms with Gasteiger partial charge in [-0.15, -0.1) is 0 Å². The highest BCUT2D eigenvalue weighted by atomic mass is 16.3. The van der Waals surface area contributed by atoms with Gasteiger partial charge in [0.15, 0.2) is 0 Å². The number of pyridine rings is 1. The molecule has 84 valence electrons. The van der Waals surface area contributed by atoms with Gasteiger partial charge < -0.3 is 10.4 Å². The first-order valence-corrected chi connectivity index (χ1v) is 5.30. The van der Waals surface area contributed by atoms with Crippen molar-refractivity contribution in [2.75, 3.05) is 0 Å². The Labute approximate surface area is 91.5 Å². The van der Waals surface area contributed by atoms with Crippen molar-refractivity contribution in [3.05, 3.63) is 30.1 Å². The average Bonchev–Trinajstić information content (AvgIpc) is 2.17. The number of nitrogens with one attached hydrogen (secondary N) is 1. The van der Waals surface area contributed by atoms with Crippen molar-refractivity contribution in [2.24, 2.45) is 0 Å². The van der Waals surface area contributed by atoms with Crippen molar-refractivity contribution >= 4 is 0 Å². The largest absolute Gasteiger partial charge is 0.389 e. The van der Waals surface area contributed by atoms with Gasteiger partial charge in [0, 0.05) is 18.3 Å². The number of rotatable bonds is 4. The molecule has 0 spiro atoms. The molecule has 3 nitrogen and oxygen atoms in total. The summed E-state index contributed by atoms with van der Waals surface area (Å²) in [5.41, 5.74) is 0.275. The monoisotopic (exact) mass is 208 g/mol. The van der Waals surface area contributed by atoms with Crippen LogP contribution in [0.2, 0.25) is 0 Å². The lowest BCUT2D eigenvalue weighted by Crippen LogP contribution is -2.45. The van der Waals surface area contributed by atoms with Gasteiger partial charge in [0.1, 0.15) is 0 Å². The van der Waals surface area contributed by atoms with Crippen LogP contribution in [0.3, 0.4) is 0 Å². The van der Waals surface area contributed by atoms with Crippen LogP contribution in [0.1, 0.15) is 39.4 Å². The Kier molecular flexibility index (Phi) is 3.83. The Morgan fingerprint density at radius 2 is 2.00 bits per heavy atom. The minimum atomic E-state index is -0.719. The fourth-order valence-electron chi connectivity index (χ4n) is 1.30. The van der Waals surface area contributed by atoms with Crippen LogP contribution in [0.4, 0.5) is 0 Å². The fraction of sp³-hybridized carbons (Fsp3) is 0.583. The predicted octanol–water partition coefficient (Wildman–Crippen LogP) is 1.89. The summed E-state index contributed by atoms with van der Waals surface area (Å²) in [5, 5.41) is 13.1. The minimum absolute atomic E-state index is 0.0227. The molecule has 0 aliphatic heterocycles. The summed E-state index contributed by atoms with van der Waals surface area (Å²) in [6.45, 7) is 7.62. The third-order valence-electron chi connectivity index (χ3n) is 2.69. The Hall–Kier alpha value is -0.930. The highest BCUT2D eigenvalue weighted by molar-refractivity contribution is 5.08. The van der Waals surface area contributed by atoms with Gasteiger partial charge in [-0.2, -0.15) is 0 Å². The minimum Gasteiger partial charge on any atom is -0.389 e. The van der Waals surface area contributed by atoms with Crippen molar-refractivity contribution < 1.29 is 5.11 Å². The van der Waals surface area contributed by atoms with Crippen LogP contribution in [0.15, 0.2) is 24.4 Å². The van der Waals surface area contributed by atoms with E-state index in [1.54, 1.807) is 20.0 Å². The van der Waals surface area contributed by atoms with Gasteiger partial charge in [0.25, 0.3) is 0 Å². The zero-order valence-corrected chi connectivity index (χ0v) is 9.86. The summed E-state index contributed by atoms with van der Waals surface area (Å²) in [6, 6.07) is 6.02. The van der Waals surface area contributed by atoms with Crippen LogP contribution in [0, 0.1) is 0 Å². The molecule has 2 unspecified atom stereocenters. The maximum absolute atomic E-state index is 9.80. The highest BCUT2D eigenvalue weighted by Crippen LogP contribution is 2.14. The van der Waals surface area contributed by atoms with E-state index >= 15 is 0 Å². The van der Waals surface area contributed by atoms with Crippen LogP contribution in [0.25, 0.3) is 0 Å². The van der Waals surface area contributed by atoms with Crippen molar-refractivity contribution in [1.82, 2.24) is 10.3 Å². The van der Waals surface area contributed by atoms with Gasteiger partial charge in [-0.3, -0.25) is 4.98 Å². The molecule has 0 bridgehead atoms. The molecule has 2 N–H and O–H groups in total. The van der Waals surface area contributed by atoms with E-state index in [-0.39, 0.29) is 12.1 Å². The molecule has 0 saturated carbocycles. The van der Waals surface area contributed by atoms with Gasteiger partial charge in [0.05, 0.1) is 11.3 Å². The Balaban J connectivity index is 2.61. The Bertz CT molecular complexity index is 292. The van der Waals surface area contributed by atoms with Gasteiger partial charge in [-0.25, -0.2) is 0 Å². The van der Waals surface area contributed by atoms with Gasteiger partial charge in [-0.05, 0) is 39.8 Å². The number of nitrogens with zero attached hydrogens (tertiary/aromatic N) is 1. The van der Waals surface area contributed by atoms with Crippen molar-refractivity contribution in [3.63, 3.8) is 0 Å². The molecule has 2 atom stereocenters. The highest BCUT2D eigenvalue weighted by Gasteiger charge is 2.23. The van der Waals surface area contributed by atoms with Crippen LogP contribution in [-0.4, -0.2) is 21.7 Å². The van der Waals surface area contributed by atoms with E-state index in [9.17, 15) is 5.11 Å². The number of aliphatic hydroxyl groups is 1. The molecule has 1 heterocycles. The second kappa shape index (κ2) is 4.73. The van der Waals surface area contributed by atoms with E-state index in [0.29, 0.717) is 0 Å². The molecular formula is C12H20N2O. The fourth-order valence-corrected chi connectivity index (χ4v) is 1.30. The summed E-state index contributed by atoms with van der Waals surface area (Å²) >= 11 is 0. The van der Waals surface area contributed by atoms with Gasteiger partial charge in [-0.1, -0.05) is 6.07 Å². The molecule has 15 heavy (non-hydrogen) atoms. The SMILES string of the molecule is CC(NC(C)C(C)(C)O)c1ccccn1. The van der Waals surface area contributed by atoms with E-state index < -0.39 is 5.60 Å². The van der Waals surface area contributed by atoms with E-state index in [0.717, 1.165) is 5.69 Å². The summed E-state index contributed by atoms with van der Waals surface area (Å²) in [5.74, 6) is 0. The van der Waals surface area contributed by atoms with Crippen molar-refractivity contribution in [3.8, 4) is 0 Å². The molecule has 0 amide bonds. The molecular weight excluding hydrogens is 188 g/mol. The summed E-state index contributed by atoms with van der Waals surface area (Å²) in [6.07, 6.45) is 1.78. The van der Waals surface area contributed by atoms with Crippen LogP contribution in [0.5, 0.6) is 0 Å². The molecule has 1 aromatic rings. The van der Waals surface area contributed by atoms with E-state index in [4.69, 9.17) is 0 Å². The Morgan fingerprint density at radius 3 is 2.47 bits per heavy atom. The molecule has 0 aliphatic carbocycles. The first kappa shape index (κ1) is 12.1. The number of aromatic nitrogens is 1. The molecule has 0 aromatic carbocycles. The maximum Gasteiger partial charge on any atom is 0.0741 e. The van der Waals surface area contributed by atoms with Gasteiger partial charge >= 0.3 is 0 Å². The smallest absolute Gasteiger partial charge is 0.0741 e. The first-order valence-electron chi connectivity index (χ1n) is 5.30. The average molecular weight is 208 g/mol. The third kappa shape index (κ3) is 3.61. The van der Waals surface area contributed by atoms with Crippen LogP contribution < -0.4 is 5.32 Å². The molecule has 0 aliphatic rings.